The molecule has 0 aromatic carbocycles. The summed E-state index contributed by atoms with van der Waals surface area (Å²) in [5, 5.41) is 0. The lowest BCUT2D eigenvalue weighted by molar-refractivity contribution is -0.181. The van der Waals surface area contributed by atoms with Crippen LogP contribution in [0.3, 0.4) is 0 Å². The van der Waals surface area contributed by atoms with Crippen molar-refractivity contribution in [1.29, 1.82) is 0 Å². The van der Waals surface area contributed by atoms with Crippen LogP contribution in [0.2, 0.25) is 0 Å². The van der Waals surface area contributed by atoms with Crippen LogP contribution in [0.4, 0.5) is 0 Å². The molecule has 2 aliphatic rings. The van der Waals surface area contributed by atoms with Crippen LogP contribution in [-0.2, 0) is 0 Å². The summed E-state index contributed by atoms with van der Waals surface area (Å²) in [6.45, 7) is 9.70. The molecule has 2 rings (SSSR count). The predicted octanol–water partition coefficient (Wildman–Crippen LogP) is 4.10. The van der Waals surface area contributed by atoms with Gasteiger partial charge in [-0.1, -0.05) is 34.1 Å². The zero-order valence-corrected chi connectivity index (χ0v) is 9.64. The quantitative estimate of drug-likeness (QED) is 0.613. The van der Waals surface area contributed by atoms with E-state index in [4.69, 9.17) is 0 Å². The van der Waals surface area contributed by atoms with Crippen molar-refractivity contribution >= 4 is 0 Å². The van der Waals surface area contributed by atoms with E-state index in [0.717, 1.165) is 29.1 Å². The third-order valence-corrected chi connectivity index (χ3v) is 5.12. The van der Waals surface area contributed by atoms with E-state index in [9.17, 15) is 0 Å². The second kappa shape index (κ2) is 3.00. The molecule has 0 aliphatic heterocycles. The minimum atomic E-state index is 0.773. The molecule has 4 unspecified atom stereocenters. The van der Waals surface area contributed by atoms with E-state index in [1.165, 1.54) is 19.3 Å². The molecule has 0 heteroatoms. The van der Waals surface area contributed by atoms with E-state index in [-0.39, 0.29) is 0 Å². The van der Waals surface area contributed by atoms with Crippen LogP contribution >= 0.6 is 0 Å². The summed E-state index contributed by atoms with van der Waals surface area (Å²) in [6.07, 6.45) is 6.01. The molecule has 0 saturated heterocycles. The summed E-state index contributed by atoms with van der Waals surface area (Å²) in [5.74, 6) is 4.10. The smallest absolute Gasteiger partial charge is 0.0243 e. The third kappa shape index (κ3) is 1.25. The molecule has 0 amide bonds. The standard InChI is InChI=1S/C13H24/c1-9(2)5-6-11-8-12-7-10(3)13(11,12)4/h9-12H,5-8H2,1-4H3. The molecule has 0 radical (unpaired) electrons. The lowest BCUT2D eigenvalue weighted by Gasteiger charge is -2.67. The maximum absolute atomic E-state index is 2.54. The second-order valence-electron chi connectivity index (χ2n) is 6.10. The minimum absolute atomic E-state index is 0.773. The normalized spacial score (nSPS) is 48.2. The fourth-order valence-electron chi connectivity index (χ4n) is 3.66. The Morgan fingerprint density at radius 1 is 1.31 bits per heavy atom. The van der Waals surface area contributed by atoms with Gasteiger partial charge >= 0.3 is 0 Å². The first-order valence-electron chi connectivity index (χ1n) is 6.05. The van der Waals surface area contributed by atoms with Crippen molar-refractivity contribution in [2.75, 3.05) is 0 Å². The number of fused-ring (bicyclic) bond motifs is 1. The Labute approximate surface area is 83.1 Å². The number of hydrogen-bond acceptors (Lipinski definition) is 0. The Balaban J connectivity index is 1.83. The van der Waals surface area contributed by atoms with E-state index in [0.29, 0.717) is 0 Å². The van der Waals surface area contributed by atoms with Crippen molar-refractivity contribution < 1.29 is 0 Å². The van der Waals surface area contributed by atoms with Crippen LogP contribution in [0.1, 0.15) is 53.4 Å². The van der Waals surface area contributed by atoms with Crippen LogP contribution in [0.5, 0.6) is 0 Å². The topological polar surface area (TPSA) is 0 Å². The highest BCUT2D eigenvalue weighted by Gasteiger charge is 2.60. The Morgan fingerprint density at radius 3 is 2.46 bits per heavy atom. The van der Waals surface area contributed by atoms with Crippen LogP contribution in [0.15, 0.2) is 0 Å². The molecule has 13 heavy (non-hydrogen) atoms. The van der Waals surface area contributed by atoms with Crippen molar-refractivity contribution in [2.24, 2.45) is 29.1 Å². The average Bonchev–Trinajstić information content (AvgIpc) is 2.08. The maximum Gasteiger partial charge on any atom is -0.0243 e. The van der Waals surface area contributed by atoms with Crippen LogP contribution in [-0.4, -0.2) is 0 Å². The van der Waals surface area contributed by atoms with Crippen molar-refractivity contribution in [3.05, 3.63) is 0 Å². The molecule has 0 bridgehead atoms. The molecule has 76 valence electrons. The summed E-state index contributed by atoms with van der Waals surface area (Å²) in [4.78, 5) is 0. The molecule has 0 nitrogen and oxygen atoms in total. The predicted molar refractivity (Wildman–Crippen MR) is 57.6 cm³/mol. The fraction of sp³-hybridized carbons (Fsp3) is 1.00. The van der Waals surface area contributed by atoms with Gasteiger partial charge in [-0.3, -0.25) is 0 Å². The molecule has 2 fully saturated rings. The SMILES string of the molecule is CC(C)CCC1CC2CC(C)C12C. The molecule has 0 aromatic heterocycles. The molecule has 2 saturated carbocycles. The second-order valence-corrected chi connectivity index (χ2v) is 6.10. The minimum Gasteiger partial charge on any atom is -0.0628 e. The first kappa shape index (κ1) is 9.55. The first-order chi connectivity index (χ1) is 6.05. The van der Waals surface area contributed by atoms with E-state index in [1.807, 2.05) is 0 Å². The zero-order valence-electron chi connectivity index (χ0n) is 9.64. The van der Waals surface area contributed by atoms with Crippen molar-refractivity contribution in [2.45, 2.75) is 53.4 Å². The Bertz CT molecular complexity index is 188. The highest BCUT2D eigenvalue weighted by atomic mass is 14.7. The molecular formula is C13H24. The van der Waals surface area contributed by atoms with E-state index >= 15 is 0 Å². The van der Waals surface area contributed by atoms with E-state index in [1.54, 1.807) is 6.42 Å². The van der Waals surface area contributed by atoms with Gasteiger partial charge in [-0.2, -0.15) is 0 Å². The summed E-state index contributed by atoms with van der Waals surface area (Å²) >= 11 is 0. The van der Waals surface area contributed by atoms with Gasteiger partial charge in [0.2, 0.25) is 0 Å². The summed E-state index contributed by atoms with van der Waals surface area (Å²) in [6, 6.07) is 0. The largest absolute Gasteiger partial charge is 0.0628 e. The summed E-state index contributed by atoms with van der Waals surface area (Å²) in [5.41, 5.74) is 0.773. The molecule has 0 aromatic rings. The Morgan fingerprint density at radius 2 is 2.00 bits per heavy atom. The summed E-state index contributed by atoms with van der Waals surface area (Å²) < 4.78 is 0. The molecular weight excluding hydrogens is 156 g/mol. The Hall–Kier alpha value is 0. The highest BCUT2D eigenvalue weighted by molar-refractivity contribution is 5.09. The van der Waals surface area contributed by atoms with Gasteiger partial charge in [0.25, 0.3) is 0 Å². The number of hydrogen-bond donors (Lipinski definition) is 0. The third-order valence-electron chi connectivity index (χ3n) is 5.12. The average molecular weight is 180 g/mol. The molecule has 0 N–H and O–H groups in total. The van der Waals surface area contributed by atoms with Gasteiger partial charge in [-0.25, -0.2) is 0 Å². The Kier molecular flexibility index (Phi) is 2.20. The van der Waals surface area contributed by atoms with Gasteiger partial charge < -0.3 is 0 Å². The van der Waals surface area contributed by atoms with Gasteiger partial charge in [-0.15, -0.1) is 0 Å². The van der Waals surface area contributed by atoms with Gasteiger partial charge in [-0.05, 0) is 48.3 Å². The molecule has 2 aliphatic carbocycles. The van der Waals surface area contributed by atoms with Gasteiger partial charge in [0.05, 0.1) is 0 Å². The zero-order chi connectivity index (χ0) is 9.64. The van der Waals surface area contributed by atoms with Crippen molar-refractivity contribution in [3.63, 3.8) is 0 Å². The van der Waals surface area contributed by atoms with E-state index in [2.05, 4.69) is 27.7 Å². The lowest BCUT2D eigenvalue weighted by atomic mass is 9.38. The van der Waals surface area contributed by atoms with Crippen LogP contribution < -0.4 is 0 Å². The van der Waals surface area contributed by atoms with Crippen LogP contribution in [0.25, 0.3) is 0 Å². The van der Waals surface area contributed by atoms with Gasteiger partial charge in [0.1, 0.15) is 0 Å². The summed E-state index contributed by atoms with van der Waals surface area (Å²) in [7, 11) is 0. The lowest BCUT2D eigenvalue weighted by Crippen LogP contribution is -2.59. The van der Waals surface area contributed by atoms with Crippen LogP contribution in [0, 0.1) is 29.1 Å². The molecule has 0 heterocycles. The van der Waals surface area contributed by atoms with Crippen molar-refractivity contribution in [1.82, 2.24) is 0 Å². The first-order valence-corrected chi connectivity index (χ1v) is 6.05. The molecule has 4 atom stereocenters. The fourth-order valence-corrected chi connectivity index (χ4v) is 3.66. The monoisotopic (exact) mass is 180 g/mol. The molecule has 0 spiro atoms. The van der Waals surface area contributed by atoms with E-state index < -0.39 is 0 Å². The number of rotatable bonds is 3. The van der Waals surface area contributed by atoms with Crippen molar-refractivity contribution in [3.8, 4) is 0 Å². The van der Waals surface area contributed by atoms with Gasteiger partial charge in [0, 0.05) is 0 Å². The van der Waals surface area contributed by atoms with Gasteiger partial charge in [0.15, 0.2) is 0 Å². The highest BCUT2D eigenvalue weighted by Crippen LogP contribution is 2.68. The maximum atomic E-state index is 2.54.